The Bertz CT molecular complexity index is 1720. The minimum Gasteiger partial charge on any atom is -0.444 e. The standard InChI is InChI=1S/C38H47F2N5O8/c1-37(2,3)52-35(49)41-30-13-8-6-4-5-7-11-24-19-38(24,34(48)43-53-26-16-14-25(39)15-17-26)42-32(46)31-18-27(21-45(31)33(30)47)51-36(50)44-20-23-10-9-12-29(40)28(23)22-44/h9-10,12,14-17,24,27,30-31H,4-8,11,13,18-22H2,1-3H3,(H,41,49)(H,42,46)(H,43,48)/t24-,27-,30+,31+,38-/m1/s1. The van der Waals surface area contributed by atoms with Crippen molar-refractivity contribution < 1.29 is 47.1 Å². The number of ether oxygens (including phenoxy) is 2. The summed E-state index contributed by atoms with van der Waals surface area (Å²) in [5.41, 5.74) is 1.32. The molecule has 5 atom stereocenters. The quantitative estimate of drug-likeness (QED) is 0.362. The van der Waals surface area contributed by atoms with Crippen LogP contribution in [0.5, 0.6) is 5.75 Å². The van der Waals surface area contributed by atoms with Crippen LogP contribution in [0.3, 0.4) is 0 Å². The molecule has 0 radical (unpaired) electrons. The molecular formula is C38H47F2N5O8. The smallest absolute Gasteiger partial charge is 0.410 e. The van der Waals surface area contributed by atoms with Crippen LogP contribution in [0.4, 0.5) is 18.4 Å². The Morgan fingerprint density at radius 3 is 2.38 bits per heavy atom. The maximum atomic E-state index is 14.4. The first-order valence-corrected chi connectivity index (χ1v) is 18.3. The number of hydrogen-bond donors (Lipinski definition) is 3. The lowest BCUT2D eigenvalue weighted by Crippen LogP contribution is -2.58. The Labute approximate surface area is 307 Å². The minimum atomic E-state index is -1.33. The largest absolute Gasteiger partial charge is 0.444 e. The molecule has 3 aliphatic heterocycles. The highest BCUT2D eigenvalue weighted by molar-refractivity contribution is 5.98. The van der Waals surface area contributed by atoms with E-state index in [1.807, 2.05) is 0 Å². The monoisotopic (exact) mass is 739 g/mol. The van der Waals surface area contributed by atoms with Gasteiger partial charge in [-0.15, -0.1) is 0 Å². The summed E-state index contributed by atoms with van der Waals surface area (Å²) in [7, 11) is 0. The fourth-order valence-electron chi connectivity index (χ4n) is 7.45. The molecule has 15 heteroatoms. The molecule has 4 aliphatic rings. The van der Waals surface area contributed by atoms with Gasteiger partial charge in [0.15, 0.2) is 5.75 Å². The normalized spacial score (nSPS) is 26.1. The summed E-state index contributed by atoms with van der Waals surface area (Å²) in [4.78, 5) is 76.6. The maximum absolute atomic E-state index is 14.4. The molecule has 286 valence electrons. The highest BCUT2D eigenvalue weighted by atomic mass is 19.1. The van der Waals surface area contributed by atoms with Gasteiger partial charge in [-0.2, -0.15) is 5.48 Å². The van der Waals surface area contributed by atoms with E-state index in [0.29, 0.717) is 36.8 Å². The number of halogens is 2. The molecule has 2 aromatic carbocycles. The number of hydroxylamine groups is 1. The van der Waals surface area contributed by atoms with Gasteiger partial charge < -0.3 is 29.8 Å². The molecule has 0 unspecified atom stereocenters. The zero-order valence-corrected chi connectivity index (χ0v) is 30.3. The van der Waals surface area contributed by atoms with E-state index in [9.17, 15) is 32.8 Å². The van der Waals surface area contributed by atoms with Crippen molar-refractivity contribution >= 4 is 29.9 Å². The van der Waals surface area contributed by atoms with Gasteiger partial charge in [0.2, 0.25) is 11.8 Å². The average Bonchev–Trinajstić information content (AvgIpc) is 3.39. The van der Waals surface area contributed by atoms with Crippen molar-refractivity contribution in [2.45, 2.75) is 121 Å². The van der Waals surface area contributed by atoms with Crippen molar-refractivity contribution in [3.05, 3.63) is 65.2 Å². The summed E-state index contributed by atoms with van der Waals surface area (Å²) in [6.07, 6.45) is 2.77. The van der Waals surface area contributed by atoms with Crippen LogP contribution in [-0.2, 0) is 36.9 Å². The maximum Gasteiger partial charge on any atom is 0.410 e. The molecule has 6 rings (SSSR count). The molecule has 0 spiro atoms. The van der Waals surface area contributed by atoms with E-state index in [2.05, 4.69) is 16.1 Å². The van der Waals surface area contributed by atoms with E-state index in [1.54, 1.807) is 32.9 Å². The van der Waals surface area contributed by atoms with E-state index in [4.69, 9.17) is 14.3 Å². The van der Waals surface area contributed by atoms with Crippen LogP contribution < -0.4 is 21.0 Å². The first-order chi connectivity index (χ1) is 25.2. The number of amides is 5. The fourth-order valence-corrected chi connectivity index (χ4v) is 7.45. The number of nitrogens with one attached hydrogen (secondary N) is 3. The molecule has 3 N–H and O–H groups in total. The second-order valence-electron chi connectivity index (χ2n) is 15.4. The van der Waals surface area contributed by atoms with E-state index in [-0.39, 0.29) is 37.7 Å². The SMILES string of the molecule is CC(C)(C)OC(=O)N[C@H]1CCCCCCC[C@@H]2C[C@@]2(C(=O)NOc2ccc(F)cc2)NC(=O)[C@@H]2C[C@@H](OC(=O)N3Cc4cccc(F)c4C3)CN2C1=O. The third kappa shape index (κ3) is 8.99. The van der Waals surface area contributed by atoms with Crippen LogP contribution >= 0.6 is 0 Å². The van der Waals surface area contributed by atoms with Crippen molar-refractivity contribution in [2.75, 3.05) is 6.54 Å². The molecular weight excluding hydrogens is 692 g/mol. The van der Waals surface area contributed by atoms with Crippen molar-refractivity contribution in [3.8, 4) is 5.75 Å². The molecule has 1 saturated carbocycles. The van der Waals surface area contributed by atoms with Crippen LogP contribution in [0, 0.1) is 17.6 Å². The Hall–Kier alpha value is -4.95. The zero-order valence-electron chi connectivity index (χ0n) is 30.3. The third-order valence-corrected chi connectivity index (χ3v) is 10.3. The van der Waals surface area contributed by atoms with Crippen molar-refractivity contribution in [1.29, 1.82) is 0 Å². The Morgan fingerprint density at radius 1 is 0.943 bits per heavy atom. The summed E-state index contributed by atoms with van der Waals surface area (Å²) in [5, 5.41) is 5.62. The first-order valence-electron chi connectivity index (χ1n) is 18.3. The zero-order chi connectivity index (χ0) is 37.9. The van der Waals surface area contributed by atoms with Gasteiger partial charge in [-0.25, -0.2) is 18.4 Å². The number of alkyl carbamates (subject to hydrolysis) is 1. The Morgan fingerprint density at radius 2 is 1.66 bits per heavy atom. The Balaban J connectivity index is 1.23. The number of rotatable bonds is 5. The van der Waals surface area contributed by atoms with Gasteiger partial charge >= 0.3 is 12.2 Å². The minimum absolute atomic E-state index is 0.0149. The second-order valence-corrected chi connectivity index (χ2v) is 15.4. The van der Waals surface area contributed by atoms with Crippen LogP contribution in [0.25, 0.3) is 0 Å². The fraction of sp³-hybridized carbons (Fsp3) is 0.553. The van der Waals surface area contributed by atoms with Gasteiger partial charge in [0, 0.05) is 18.5 Å². The summed E-state index contributed by atoms with van der Waals surface area (Å²) in [6, 6.07) is 7.53. The van der Waals surface area contributed by atoms with Gasteiger partial charge in [0.25, 0.3) is 5.91 Å². The van der Waals surface area contributed by atoms with Crippen LogP contribution in [0.15, 0.2) is 42.5 Å². The molecule has 13 nitrogen and oxygen atoms in total. The number of benzene rings is 2. The van der Waals surface area contributed by atoms with Crippen LogP contribution in [0.2, 0.25) is 0 Å². The van der Waals surface area contributed by atoms with Gasteiger partial charge in [0.05, 0.1) is 13.1 Å². The molecule has 2 aromatic rings. The van der Waals surface area contributed by atoms with Gasteiger partial charge in [0.1, 0.15) is 41.0 Å². The summed E-state index contributed by atoms with van der Waals surface area (Å²) < 4.78 is 39.2. The van der Waals surface area contributed by atoms with Crippen molar-refractivity contribution in [3.63, 3.8) is 0 Å². The lowest BCUT2D eigenvalue weighted by atomic mass is 10.0. The van der Waals surface area contributed by atoms with E-state index < -0.39 is 70.9 Å². The molecule has 3 fully saturated rings. The summed E-state index contributed by atoms with van der Waals surface area (Å²) >= 11 is 0. The van der Waals surface area contributed by atoms with Crippen molar-refractivity contribution in [1.82, 2.24) is 25.9 Å². The molecule has 1 aliphatic carbocycles. The second kappa shape index (κ2) is 15.6. The molecule has 53 heavy (non-hydrogen) atoms. The topological polar surface area (TPSA) is 156 Å². The van der Waals surface area contributed by atoms with Gasteiger partial charge in [-0.1, -0.05) is 44.2 Å². The molecule has 3 heterocycles. The van der Waals surface area contributed by atoms with Crippen molar-refractivity contribution in [2.24, 2.45) is 5.92 Å². The van der Waals surface area contributed by atoms with E-state index >= 15 is 0 Å². The van der Waals surface area contributed by atoms with Gasteiger partial charge in [-0.05, 0) is 81.8 Å². The number of carbonyl (C=O) groups is 5. The number of carbonyl (C=O) groups excluding carboxylic acids is 5. The molecule has 2 saturated heterocycles. The lowest BCUT2D eigenvalue weighted by molar-refractivity contribution is -0.142. The highest BCUT2D eigenvalue weighted by Crippen LogP contribution is 2.47. The number of nitrogens with zero attached hydrogens (tertiary/aromatic N) is 2. The predicted molar refractivity (Wildman–Crippen MR) is 186 cm³/mol. The summed E-state index contributed by atoms with van der Waals surface area (Å²) in [5.74, 6) is -2.67. The van der Waals surface area contributed by atoms with E-state index in [1.165, 1.54) is 40.1 Å². The number of hydrogen-bond acceptors (Lipinski definition) is 8. The number of fused-ring (bicyclic) bond motifs is 3. The summed E-state index contributed by atoms with van der Waals surface area (Å²) in [6.45, 7) is 5.13. The molecule has 0 aromatic heterocycles. The van der Waals surface area contributed by atoms with Gasteiger partial charge in [-0.3, -0.25) is 19.3 Å². The van der Waals surface area contributed by atoms with Crippen LogP contribution in [0.1, 0.15) is 89.7 Å². The van der Waals surface area contributed by atoms with Crippen LogP contribution in [-0.4, -0.2) is 75.6 Å². The first kappa shape index (κ1) is 37.8. The molecule has 0 bridgehead atoms. The average molecular weight is 740 g/mol. The van der Waals surface area contributed by atoms with E-state index in [0.717, 1.165) is 25.7 Å². The lowest BCUT2D eigenvalue weighted by Gasteiger charge is -2.30. The molecule has 5 amide bonds. The Kier molecular flexibility index (Phi) is 11.1. The third-order valence-electron chi connectivity index (χ3n) is 10.3. The highest BCUT2D eigenvalue weighted by Gasteiger charge is 2.62. The predicted octanol–water partition coefficient (Wildman–Crippen LogP) is 5.01.